The molecule has 138 valence electrons. The van der Waals surface area contributed by atoms with E-state index in [0.29, 0.717) is 17.0 Å². The molecule has 0 aliphatic rings. The minimum atomic E-state index is -3.92. The summed E-state index contributed by atoms with van der Waals surface area (Å²) in [6.45, 7) is 2.93. The number of anilines is 1. The van der Waals surface area contributed by atoms with E-state index in [1.165, 1.54) is 31.4 Å². The van der Waals surface area contributed by atoms with Crippen LogP contribution in [0.5, 0.6) is 5.75 Å². The molecule has 2 amide bonds. The van der Waals surface area contributed by atoms with Crippen LogP contribution in [0.3, 0.4) is 0 Å². The third kappa shape index (κ3) is 4.61. The van der Waals surface area contributed by atoms with Crippen LogP contribution in [0, 0.1) is 6.92 Å². The first-order valence-corrected chi connectivity index (χ1v) is 9.70. The second kappa shape index (κ2) is 7.88. The van der Waals surface area contributed by atoms with Crippen LogP contribution in [0.25, 0.3) is 0 Å². The van der Waals surface area contributed by atoms with Crippen LogP contribution >= 0.6 is 15.9 Å². The standard InChI is InChI=1S/C17H17BrN2O5S/c1-10-8-12(18)9-15(16(10)25-3)17(22)19-13-4-6-14(7-5-13)26(23,24)20-11(2)21/h4-9H,1-3H3,(H,19,22)(H,20,21). The van der Waals surface area contributed by atoms with Gasteiger partial charge in [0.05, 0.1) is 17.6 Å². The fraction of sp³-hybridized carbons (Fsp3) is 0.176. The van der Waals surface area contributed by atoms with Crippen molar-refractivity contribution in [2.75, 3.05) is 12.4 Å². The average Bonchev–Trinajstić information content (AvgIpc) is 2.53. The van der Waals surface area contributed by atoms with Gasteiger partial charge in [-0.3, -0.25) is 9.59 Å². The molecule has 26 heavy (non-hydrogen) atoms. The molecule has 2 aromatic rings. The number of carbonyl (C=O) groups excluding carboxylic acids is 2. The highest BCUT2D eigenvalue weighted by molar-refractivity contribution is 9.10. The minimum absolute atomic E-state index is 0.0819. The number of halogens is 1. The lowest BCUT2D eigenvalue weighted by atomic mass is 10.1. The molecule has 2 aromatic carbocycles. The van der Waals surface area contributed by atoms with Crippen molar-refractivity contribution >= 4 is 43.5 Å². The molecular formula is C17H17BrN2O5S. The fourth-order valence-electron chi connectivity index (χ4n) is 2.33. The van der Waals surface area contributed by atoms with Gasteiger partial charge >= 0.3 is 0 Å². The largest absolute Gasteiger partial charge is 0.496 e. The number of nitrogens with one attached hydrogen (secondary N) is 2. The molecule has 0 aliphatic carbocycles. The Labute approximate surface area is 159 Å². The van der Waals surface area contributed by atoms with E-state index in [1.807, 2.05) is 17.7 Å². The maximum atomic E-state index is 12.5. The fourth-order valence-corrected chi connectivity index (χ4v) is 3.90. The molecule has 2 rings (SSSR count). The van der Waals surface area contributed by atoms with Gasteiger partial charge in [-0.05, 0) is 48.9 Å². The molecule has 0 fully saturated rings. The summed E-state index contributed by atoms with van der Waals surface area (Å²) in [5.41, 5.74) is 1.54. The monoisotopic (exact) mass is 440 g/mol. The summed E-state index contributed by atoms with van der Waals surface area (Å²) >= 11 is 3.34. The van der Waals surface area contributed by atoms with Gasteiger partial charge in [0, 0.05) is 17.1 Å². The van der Waals surface area contributed by atoms with Crippen molar-refractivity contribution in [2.24, 2.45) is 0 Å². The topological polar surface area (TPSA) is 102 Å². The zero-order valence-corrected chi connectivity index (χ0v) is 16.7. The second-order valence-corrected chi connectivity index (χ2v) is 8.04. The molecule has 0 spiro atoms. The van der Waals surface area contributed by atoms with Gasteiger partial charge in [-0.2, -0.15) is 0 Å². The molecule has 0 atom stereocenters. The molecule has 9 heteroatoms. The summed E-state index contributed by atoms with van der Waals surface area (Å²) < 4.78 is 31.7. The summed E-state index contributed by atoms with van der Waals surface area (Å²) in [6, 6.07) is 8.93. The number of hydrogen-bond donors (Lipinski definition) is 2. The number of benzene rings is 2. The molecule has 7 nitrogen and oxygen atoms in total. The van der Waals surface area contributed by atoms with E-state index >= 15 is 0 Å². The summed E-state index contributed by atoms with van der Waals surface area (Å²) in [7, 11) is -2.44. The smallest absolute Gasteiger partial charge is 0.264 e. The van der Waals surface area contributed by atoms with E-state index in [-0.39, 0.29) is 4.90 Å². The Morgan fingerprint density at radius 3 is 2.27 bits per heavy atom. The molecular weight excluding hydrogens is 424 g/mol. The number of sulfonamides is 1. The van der Waals surface area contributed by atoms with Crippen molar-refractivity contribution < 1.29 is 22.7 Å². The van der Waals surface area contributed by atoms with E-state index in [4.69, 9.17) is 4.74 Å². The van der Waals surface area contributed by atoms with Crippen molar-refractivity contribution in [2.45, 2.75) is 18.7 Å². The predicted molar refractivity (Wildman–Crippen MR) is 101 cm³/mol. The van der Waals surface area contributed by atoms with E-state index in [2.05, 4.69) is 21.2 Å². The van der Waals surface area contributed by atoms with Crippen LogP contribution < -0.4 is 14.8 Å². The van der Waals surface area contributed by atoms with Crippen LogP contribution in [0.15, 0.2) is 45.8 Å². The van der Waals surface area contributed by atoms with Crippen molar-refractivity contribution in [3.05, 3.63) is 52.0 Å². The number of methoxy groups -OCH3 is 1. The van der Waals surface area contributed by atoms with Gasteiger partial charge in [0.1, 0.15) is 5.75 Å². The van der Waals surface area contributed by atoms with E-state index < -0.39 is 21.8 Å². The maximum absolute atomic E-state index is 12.5. The van der Waals surface area contributed by atoms with Crippen LogP contribution in [0.4, 0.5) is 5.69 Å². The number of rotatable bonds is 5. The zero-order chi connectivity index (χ0) is 19.5. The van der Waals surface area contributed by atoms with E-state index in [1.54, 1.807) is 6.07 Å². The first-order chi connectivity index (χ1) is 12.1. The SMILES string of the molecule is COc1c(C)cc(Br)cc1C(=O)Nc1ccc(S(=O)(=O)NC(C)=O)cc1. The van der Waals surface area contributed by atoms with Crippen LogP contribution in [0.2, 0.25) is 0 Å². The third-order valence-corrected chi connectivity index (χ3v) is 5.30. The molecule has 0 saturated heterocycles. The number of aryl methyl sites for hydroxylation is 1. The molecule has 0 radical (unpaired) electrons. The first kappa shape index (κ1) is 19.9. The number of amides is 2. The van der Waals surface area contributed by atoms with Gasteiger partial charge in [0.2, 0.25) is 5.91 Å². The van der Waals surface area contributed by atoms with Gasteiger partial charge in [0.25, 0.3) is 15.9 Å². The van der Waals surface area contributed by atoms with Crippen LogP contribution in [0.1, 0.15) is 22.8 Å². The van der Waals surface area contributed by atoms with Gasteiger partial charge in [0.15, 0.2) is 0 Å². The Hall–Kier alpha value is -2.39. The Kier molecular flexibility index (Phi) is 6.04. The summed E-state index contributed by atoms with van der Waals surface area (Å²) in [5, 5.41) is 2.68. The summed E-state index contributed by atoms with van der Waals surface area (Å²) in [4.78, 5) is 23.4. The molecule has 0 unspecified atom stereocenters. The van der Waals surface area contributed by atoms with Crippen LogP contribution in [-0.4, -0.2) is 27.3 Å². The van der Waals surface area contributed by atoms with Crippen molar-refractivity contribution in [1.82, 2.24) is 4.72 Å². The quantitative estimate of drug-likeness (QED) is 0.743. The Morgan fingerprint density at radius 2 is 1.73 bits per heavy atom. The summed E-state index contributed by atoms with van der Waals surface area (Å²) in [5.74, 6) is -0.626. The molecule has 0 saturated carbocycles. The molecule has 0 heterocycles. The molecule has 0 bridgehead atoms. The van der Waals surface area contributed by atoms with E-state index in [0.717, 1.165) is 17.0 Å². The molecule has 0 aromatic heterocycles. The number of ether oxygens (including phenoxy) is 1. The van der Waals surface area contributed by atoms with Crippen molar-refractivity contribution in [3.63, 3.8) is 0 Å². The Morgan fingerprint density at radius 1 is 1.12 bits per heavy atom. The third-order valence-electron chi connectivity index (χ3n) is 3.39. The highest BCUT2D eigenvalue weighted by atomic mass is 79.9. The lowest BCUT2D eigenvalue weighted by Gasteiger charge is -2.13. The van der Waals surface area contributed by atoms with Crippen molar-refractivity contribution in [1.29, 1.82) is 0 Å². The summed E-state index contributed by atoms with van der Waals surface area (Å²) in [6.07, 6.45) is 0. The highest BCUT2D eigenvalue weighted by Gasteiger charge is 2.18. The van der Waals surface area contributed by atoms with Crippen molar-refractivity contribution in [3.8, 4) is 5.75 Å². The van der Waals surface area contributed by atoms with Gasteiger partial charge in [-0.25, -0.2) is 13.1 Å². The predicted octanol–water partition coefficient (Wildman–Crippen LogP) is 2.84. The maximum Gasteiger partial charge on any atom is 0.264 e. The Balaban J connectivity index is 2.25. The van der Waals surface area contributed by atoms with Crippen LogP contribution in [-0.2, 0) is 14.8 Å². The van der Waals surface area contributed by atoms with Gasteiger partial charge < -0.3 is 10.1 Å². The lowest BCUT2D eigenvalue weighted by Crippen LogP contribution is -2.28. The van der Waals surface area contributed by atoms with Gasteiger partial charge in [-0.15, -0.1) is 0 Å². The van der Waals surface area contributed by atoms with Gasteiger partial charge in [-0.1, -0.05) is 15.9 Å². The molecule has 2 N–H and O–H groups in total. The number of carbonyl (C=O) groups is 2. The lowest BCUT2D eigenvalue weighted by molar-refractivity contribution is -0.117. The average molecular weight is 441 g/mol. The first-order valence-electron chi connectivity index (χ1n) is 7.43. The van der Waals surface area contributed by atoms with E-state index in [9.17, 15) is 18.0 Å². The zero-order valence-electron chi connectivity index (χ0n) is 14.3. The highest BCUT2D eigenvalue weighted by Crippen LogP contribution is 2.28. The minimum Gasteiger partial charge on any atom is -0.496 e. The second-order valence-electron chi connectivity index (χ2n) is 5.44. The normalized spacial score (nSPS) is 10.9. The molecule has 0 aliphatic heterocycles. The Bertz CT molecular complexity index is 956. The number of hydrogen-bond acceptors (Lipinski definition) is 5.